The highest BCUT2D eigenvalue weighted by atomic mass is 16.5. The van der Waals surface area contributed by atoms with Crippen molar-refractivity contribution < 1.29 is 14.1 Å². The van der Waals surface area contributed by atoms with Gasteiger partial charge in [0.2, 0.25) is 0 Å². The average Bonchev–Trinajstić information content (AvgIpc) is 3.40. The lowest BCUT2D eigenvalue weighted by Crippen LogP contribution is -2.60. The normalized spacial score (nSPS) is 21.0. The van der Waals surface area contributed by atoms with Crippen molar-refractivity contribution in [2.45, 2.75) is 26.1 Å². The van der Waals surface area contributed by atoms with Crippen LogP contribution in [0, 0.1) is 13.8 Å². The molecule has 5 rings (SSSR count). The van der Waals surface area contributed by atoms with Crippen molar-refractivity contribution in [1.82, 2.24) is 29.5 Å². The van der Waals surface area contributed by atoms with Gasteiger partial charge < -0.3 is 18.9 Å². The van der Waals surface area contributed by atoms with Crippen LogP contribution in [0.4, 0.5) is 0 Å². The molecule has 0 spiro atoms. The van der Waals surface area contributed by atoms with Crippen LogP contribution in [-0.4, -0.2) is 54.4 Å². The van der Waals surface area contributed by atoms with Crippen LogP contribution >= 0.6 is 0 Å². The maximum absolute atomic E-state index is 13.4. The predicted molar refractivity (Wildman–Crippen MR) is 96.2 cm³/mol. The topological polar surface area (TPSA) is 97.4 Å². The van der Waals surface area contributed by atoms with Crippen molar-refractivity contribution in [3.8, 4) is 0 Å². The maximum Gasteiger partial charge on any atom is 0.272 e. The zero-order valence-corrected chi connectivity index (χ0v) is 15.5. The maximum atomic E-state index is 13.4. The summed E-state index contributed by atoms with van der Waals surface area (Å²) in [4.78, 5) is 39.0. The van der Waals surface area contributed by atoms with Gasteiger partial charge in [0.1, 0.15) is 23.2 Å². The molecule has 0 bridgehead atoms. The fraction of sp³-hybridized carbons (Fsp3) is 0.316. The minimum atomic E-state index is -1.05. The molecule has 0 N–H and O–H groups in total. The standard InChI is InChI=1S/C19H18N6O3/c1-12-8-21-16(9-20-12)19-11-23-5-3-4-15(23)18(27)25(19)7-6-24(19)17(26)14-10-28-22-13(14)2/h3-5,8-10H,6-7,11H2,1-2H3. The van der Waals surface area contributed by atoms with Crippen molar-refractivity contribution in [3.63, 3.8) is 0 Å². The fourth-order valence-corrected chi connectivity index (χ4v) is 4.15. The molecule has 1 atom stereocenters. The van der Waals surface area contributed by atoms with Gasteiger partial charge in [0.25, 0.3) is 11.8 Å². The summed E-state index contributed by atoms with van der Waals surface area (Å²) >= 11 is 0. The first kappa shape index (κ1) is 16.7. The van der Waals surface area contributed by atoms with E-state index in [1.807, 2.05) is 23.8 Å². The predicted octanol–water partition coefficient (Wildman–Crippen LogP) is 1.35. The summed E-state index contributed by atoms with van der Waals surface area (Å²) in [6.07, 6.45) is 6.50. The summed E-state index contributed by atoms with van der Waals surface area (Å²) in [5.74, 6) is -0.372. The molecule has 0 aromatic carbocycles. The highest BCUT2D eigenvalue weighted by Crippen LogP contribution is 2.42. The Kier molecular flexibility index (Phi) is 3.42. The van der Waals surface area contributed by atoms with Gasteiger partial charge in [-0.25, -0.2) is 0 Å². The Labute approximate surface area is 160 Å². The minimum absolute atomic E-state index is 0.129. The number of hydrogen-bond donors (Lipinski definition) is 0. The Morgan fingerprint density at radius 3 is 2.79 bits per heavy atom. The van der Waals surface area contributed by atoms with Gasteiger partial charge in [-0.1, -0.05) is 5.16 Å². The molecule has 9 heteroatoms. The lowest BCUT2D eigenvalue weighted by Gasteiger charge is -2.46. The Hall–Kier alpha value is -3.49. The van der Waals surface area contributed by atoms with E-state index >= 15 is 0 Å². The Morgan fingerprint density at radius 2 is 2.07 bits per heavy atom. The minimum Gasteiger partial charge on any atom is -0.364 e. The van der Waals surface area contributed by atoms with Crippen LogP contribution in [0.5, 0.6) is 0 Å². The molecule has 3 aromatic rings. The van der Waals surface area contributed by atoms with Gasteiger partial charge in [0.05, 0.1) is 24.1 Å². The number of hydrogen-bond acceptors (Lipinski definition) is 6. The summed E-state index contributed by atoms with van der Waals surface area (Å²) < 4.78 is 6.84. The number of rotatable bonds is 2. The summed E-state index contributed by atoms with van der Waals surface area (Å²) in [5.41, 5.74) is 1.77. The van der Waals surface area contributed by atoms with Crippen LogP contribution in [0.25, 0.3) is 0 Å². The van der Waals surface area contributed by atoms with Gasteiger partial charge in [-0.15, -0.1) is 0 Å². The van der Waals surface area contributed by atoms with Crippen LogP contribution in [0.2, 0.25) is 0 Å². The number of fused-ring (bicyclic) bond motifs is 2. The third kappa shape index (κ3) is 2.09. The quantitative estimate of drug-likeness (QED) is 0.668. The van der Waals surface area contributed by atoms with Crippen LogP contribution in [0.1, 0.15) is 37.9 Å². The first-order valence-electron chi connectivity index (χ1n) is 9.01. The van der Waals surface area contributed by atoms with Crippen LogP contribution in [0.3, 0.4) is 0 Å². The number of nitrogens with zero attached hydrogens (tertiary/aromatic N) is 6. The van der Waals surface area contributed by atoms with E-state index in [1.165, 1.54) is 6.26 Å². The smallest absolute Gasteiger partial charge is 0.272 e. The monoisotopic (exact) mass is 378 g/mol. The van der Waals surface area contributed by atoms with Gasteiger partial charge in [-0.2, -0.15) is 0 Å². The molecule has 2 aliphatic rings. The second kappa shape index (κ2) is 5.75. The van der Waals surface area contributed by atoms with E-state index in [2.05, 4.69) is 15.1 Å². The zero-order valence-electron chi connectivity index (χ0n) is 15.5. The molecule has 5 heterocycles. The molecule has 2 aliphatic heterocycles. The number of aromatic nitrogens is 4. The van der Waals surface area contributed by atoms with Crippen LogP contribution in [-0.2, 0) is 12.2 Å². The molecular formula is C19H18N6O3. The molecule has 1 fully saturated rings. The number of amides is 2. The molecule has 1 saturated heterocycles. The molecule has 142 valence electrons. The second-order valence-corrected chi connectivity index (χ2v) is 7.11. The highest BCUT2D eigenvalue weighted by molar-refractivity contribution is 5.98. The van der Waals surface area contributed by atoms with E-state index in [0.29, 0.717) is 42.3 Å². The molecule has 3 aromatic heterocycles. The van der Waals surface area contributed by atoms with Gasteiger partial charge in [0.15, 0.2) is 5.66 Å². The molecule has 2 amide bonds. The highest BCUT2D eigenvalue weighted by Gasteiger charge is 2.57. The molecule has 9 nitrogen and oxygen atoms in total. The SMILES string of the molecule is Cc1cnc(C23Cn4cccc4C(=O)N2CCN3C(=O)c2conc2C)cn1. The van der Waals surface area contributed by atoms with E-state index in [4.69, 9.17) is 4.52 Å². The van der Waals surface area contributed by atoms with Crippen molar-refractivity contribution >= 4 is 11.8 Å². The van der Waals surface area contributed by atoms with Crippen molar-refractivity contribution in [2.75, 3.05) is 13.1 Å². The largest absolute Gasteiger partial charge is 0.364 e. The summed E-state index contributed by atoms with van der Waals surface area (Å²) in [5, 5.41) is 3.83. The first-order valence-corrected chi connectivity index (χ1v) is 9.01. The molecule has 0 radical (unpaired) electrons. The number of carbonyl (C=O) groups excluding carboxylic acids is 2. The Balaban J connectivity index is 1.70. The van der Waals surface area contributed by atoms with Crippen molar-refractivity contribution in [1.29, 1.82) is 0 Å². The van der Waals surface area contributed by atoms with Gasteiger partial charge in [0, 0.05) is 25.5 Å². The Bertz CT molecular complexity index is 1090. The van der Waals surface area contributed by atoms with Crippen LogP contribution in [0.15, 0.2) is 41.5 Å². The van der Waals surface area contributed by atoms with E-state index in [-0.39, 0.29) is 11.8 Å². The molecule has 0 saturated carbocycles. The third-order valence-corrected chi connectivity index (χ3v) is 5.54. The molecular weight excluding hydrogens is 360 g/mol. The molecule has 28 heavy (non-hydrogen) atoms. The summed E-state index contributed by atoms with van der Waals surface area (Å²) in [6, 6.07) is 3.63. The lowest BCUT2D eigenvalue weighted by atomic mass is 9.99. The Morgan fingerprint density at radius 1 is 1.21 bits per heavy atom. The van der Waals surface area contributed by atoms with E-state index in [9.17, 15) is 9.59 Å². The molecule has 1 unspecified atom stereocenters. The van der Waals surface area contributed by atoms with Crippen LogP contribution < -0.4 is 0 Å². The lowest BCUT2D eigenvalue weighted by molar-refractivity contribution is -0.00849. The fourth-order valence-electron chi connectivity index (χ4n) is 4.15. The number of carbonyl (C=O) groups is 2. The van der Waals surface area contributed by atoms with Crippen molar-refractivity contribution in [3.05, 3.63) is 65.3 Å². The first-order chi connectivity index (χ1) is 13.5. The van der Waals surface area contributed by atoms with Gasteiger partial charge in [-0.05, 0) is 26.0 Å². The number of aryl methyl sites for hydroxylation is 2. The summed E-state index contributed by atoms with van der Waals surface area (Å²) in [7, 11) is 0. The van der Waals surface area contributed by atoms with Gasteiger partial charge in [-0.3, -0.25) is 19.6 Å². The van der Waals surface area contributed by atoms with Crippen molar-refractivity contribution in [2.24, 2.45) is 0 Å². The van der Waals surface area contributed by atoms with Gasteiger partial charge >= 0.3 is 0 Å². The zero-order chi connectivity index (χ0) is 19.5. The average molecular weight is 378 g/mol. The summed E-state index contributed by atoms with van der Waals surface area (Å²) in [6.45, 7) is 4.75. The van der Waals surface area contributed by atoms with E-state index in [0.717, 1.165) is 5.69 Å². The third-order valence-electron chi connectivity index (χ3n) is 5.54. The van der Waals surface area contributed by atoms with E-state index in [1.54, 1.807) is 35.2 Å². The van der Waals surface area contributed by atoms with E-state index < -0.39 is 5.66 Å². The second-order valence-electron chi connectivity index (χ2n) is 7.11. The molecule has 0 aliphatic carbocycles.